The first-order chi connectivity index (χ1) is 24.9. The van der Waals surface area contributed by atoms with Crippen LogP contribution in [-0.4, -0.2) is 61.1 Å². The molecule has 0 aliphatic carbocycles. The normalized spacial score (nSPS) is 20.4. The number of aliphatic hydroxyl groups excluding tert-OH is 1. The summed E-state index contributed by atoms with van der Waals surface area (Å²) < 4.78 is 19.9. The number of para-hydroxylation sites is 1. The van der Waals surface area contributed by atoms with Gasteiger partial charge in [0.15, 0.2) is 6.29 Å². The van der Waals surface area contributed by atoms with Gasteiger partial charge in [-0.25, -0.2) is 9.69 Å². The molecule has 0 saturated carbocycles. The number of hydrogen-bond acceptors (Lipinski definition) is 11. The number of thioether (sulfide) groups is 1. The van der Waals surface area contributed by atoms with Crippen molar-refractivity contribution in [1.29, 1.82) is 0 Å². The maximum atomic E-state index is 13.4. The van der Waals surface area contributed by atoms with E-state index in [1.165, 1.54) is 11.8 Å². The molecule has 1 unspecified atom stereocenters. The van der Waals surface area contributed by atoms with Gasteiger partial charge in [0.2, 0.25) is 11.1 Å². The zero-order chi connectivity index (χ0) is 35.2. The lowest BCUT2D eigenvalue weighted by Crippen LogP contribution is -2.42. The molecule has 14 heteroatoms. The van der Waals surface area contributed by atoms with Crippen LogP contribution in [0.15, 0.2) is 114 Å². The number of anilines is 1. The zero-order valence-electron chi connectivity index (χ0n) is 27.3. The molecule has 260 valence electrons. The van der Waals surface area contributed by atoms with Crippen molar-refractivity contribution in [1.82, 2.24) is 25.5 Å². The number of benzene rings is 4. The van der Waals surface area contributed by atoms with E-state index in [9.17, 15) is 19.5 Å². The third-order valence-electron chi connectivity index (χ3n) is 8.51. The van der Waals surface area contributed by atoms with Crippen LogP contribution in [0.25, 0.3) is 5.69 Å². The third kappa shape index (κ3) is 7.99. The number of ether oxygens (including phenoxy) is 3. The lowest BCUT2D eigenvalue weighted by Gasteiger charge is -2.36. The van der Waals surface area contributed by atoms with Gasteiger partial charge in [-0.15, -0.1) is 5.10 Å². The number of nitrogens with one attached hydrogen (secondary N) is 1. The van der Waals surface area contributed by atoms with Gasteiger partial charge < -0.3 is 24.6 Å². The van der Waals surface area contributed by atoms with Crippen LogP contribution in [0.4, 0.5) is 10.5 Å². The van der Waals surface area contributed by atoms with Gasteiger partial charge in [0.1, 0.15) is 12.6 Å². The summed E-state index contributed by atoms with van der Waals surface area (Å²) in [5.74, 6) is -0.510. The molecule has 7 rings (SSSR count). The van der Waals surface area contributed by atoms with Gasteiger partial charge in [0.25, 0.3) is 5.91 Å². The van der Waals surface area contributed by atoms with E-state index in [1.54, 1.807) is 22.9 Å². The van der Waals surface area contributed by atoms with Crippen LogP contribution in [0.5, 0.6) is 0 Å². The van der Waals surface area contributed by atoms with E-state index < -0.39 is 30.2 Å². The molecule has 2 N–H and O–H groups in total. The average Bonchev–Trinajstić information content (AvgIpc) is 3.76. The van der Waals surface area contributed by atoms with Crippen LogP contribution in [0.1, 0.15) is 47.5 Å². The van der Waals surface area contributed by atoms with E-state index in [1.807, 2.05) is 91.0 Å². The Balaban J connectivity index is 1.07. The minimum Gasteiger partial charge on any atom is -0.445 e. The lowest BCUT2D eigenvalue weighted by atomic mass is 10.0. The van der Waals surface area contributed by atoms with Crippen LogP contribution in [-0.2, 0) is 37.0 Å². The van der Waals surface area contributed by atoms with E-state index >= 15 is 0 Å². The SMILES string of the molecule is O=C(NC1CC(=O)N(c2cccc([C@H]3O[C@@H](CSc4nnnn4-c4ccccc4)C[C@@H](c4ccc(CO)cc4)O3)c2)C1=O)OCc1ccccc1. The summed E-state index contributed by atoms with van der Waals surface area (Å²) in [5.41, 5.74) is 4.27. The Morgan fingerprint density at radius 2 is 1.63 bits per heavy atom. The summed E-state index contributed by atoms with van der Waals surface area (Å²) in [7, 11) is 0. The molecular formula is C37H34N6O7S. The van der Waals surface area contributed by atoms with E-state index in [2.05, 4.69) is 20.8 Å². The Kier molecular flexibility index (Phi) is 10.4. The average molecular weight is 707 g/mol. The van der Waals surface area contributed by atoms with Crippen LogP contribution in [0.2, 0.25) is 0 Å². The second-order valence-electron chi connectivity index (χ2n) is 12.0. The number of rotatable bonds is 11. The van der Waals surface area contributed by atoms with Gasteiger partial charge in [-0.05, 0) is 51.4 Å². The largest absolute Gasteiger partial charge is 0.445 e. The van der Waals surface area contributed by atoms with E-state index in [4.69, 9.17) is 14.2 Å². The van der Waals surface area contributed by atoms with Crippen LogP contribution in [0, 0.1) is 0 Å². The molecule has 51 heavy (non-hydrogen) atoms. The standard InChI is InChI=1S/C37H34N6O7S/c44-21-24-14-16-26(17-15-24)32-19-30(23-51-36-39-40-41-43(36)28-11-5-2-6-12-28)49-35(50-32)27-10-7-13-29(18-27)42-33(45)20-31(34(42)46)38-37(47)48-22-25-8-3-1-4-9-25/h1-18,30-32,35,44H,19-23H2,(H,38,47)/t30-,31?,32+,35+/m1/s1. The Labute approximate surface area is 297 Å². The fraction of sp³-hybridized carbons (Fsp3) is 0.243. The van der Waals surface area contributed by atoms with Crippen LogP contribution >= 0.6 is 11.8 Å². The summed E-state index contributed by atoms with van der Waals surface area (Å²) in [6.07, 6.45) is -1.96. The number of aromatic nitrogens is 4. The van der Waals surface area contributed by atoms with E-state index in [-0.39, 0.29) is 31.8 Å². The maximum Gasteiger partial charge on any atom is 0.408 e. The molecule has 13 nitrogen and oxygen atoms in total. The predicted octanol–water partition coefficient (Wildman–Crippen LogP) is 5.05. The minimum atomic E-state index is -1.06. The molecule has 5 aromatic rings. The summed E-state index contributed by atoms with van der Waals surface area (Å²) in [6.45, 7) is -0.0380. The highest BCUT2D eigenvalue weighted by Gasteiger charge is 2.41. The first-order valence-corrected chi connectivity index (χ1v) is 17.3. The molecule has 4 atom stereocenters. The molecule has 2 aliphatic rings. The van der Waals surface area contributed by atoms with Crippen molar-refractivity contribution in [2.24, 2.45) is 0 Å². The fourth-order valence-corrected chi connectivity index (χ4v) is 6.83. The number of aliphatic hydroxyl groups is 1. The molecule has 2 aliphatic heterocycles. The number of amides is 3. The summed E-state index contributed by atoms with van der Waals surface area (Å²) in [5, 5.41) is 24.9. The number of carbonyl (C=O) groups is 3. The number of nitrogens with zero attached hydrogens (tertiary/aromatic N) is 5. The Hall–Kier alpha value is -5.41. The Morgan fingerprint density at radius 1 is 0.882 bits per heavy atom. The second kappa shape index (κ2) is 15.6. The van der Waals surface area contributed by atoms with Gasteiger partial charge in [-0.3, -0.25) is 9.59 Å². The molecule has 3 amide bonds. The molecule has 0 bridgehead atoms. The van der Waals surface area contributed by atoms with Crippen molar-refractivity contribution >= 4 is 35.4 Å². The van der Waals surface area contributed by atoms with Crippen molar-refractivity contribution in [3.05, 3.63) is 131 Å². The van der Waals surface area contributed by atoms with Gasteiger partial charge in [0.05, 0.1) is 36.6 Å². The van der Waals surface area contributed by atoms with Gasteiger partial charge >= 0.3 is 6.09 Å². The number of hydrogen-bond donors (Lipinski definition) is 2. The molecule has 4 aromatic carbocycles. The van der Waals surface area contributed by atoms with Gasteiger partial charge in [-0.2, -0.15) is 4.68 Å². The van der Waals surface area contributed by atoms with Crippen molar-refractivity contribution < 1.29 is 33.7 Å². The highest BCUT2D eigenvalue weighted by Crippen LogP contribution is 2.40. The lowest BCUT2D eigenvalue weighted by molar-refractivity contribution is -0.245. The summed E-state index contributed by atoms with van der Waals surface area (Å²) in [4.78, 5) is 40.1. The topological polar surface area (TPSA) is 158 Å². The fourth-order valence-electron chi connectivity index (χ4n) is 5.92. The first kappa shape index (κ1) is 34.1. The number of imide groups is 1. The molecule has 3 heterocycles. The molecule has 2 fully saturated rings. The van der Waals surface area contributed by atoms with E-state index in [0.29, 0.717) is 28.6 Å². The van der Waals surface area contributed by atoms with Crippen molar-refractivity contribution in [2.45, 2.75) is 55.8 Å². The quantitative estimate of drug-likeness (QED) is 0.140. The Bertz CT molecular complexity index is 1980. The molecule has 0 radical (unpaired) electrons. The molecule has 1 aromatic heterocycles. The number of alkyl carbamates (subject to hydrolysis) is 1. The molecular weight excluding hydrogens is 673 g/mol. The van der Waals surface area contributed by atoms with Crippen molar-refractivity contribution in [3.8, 4) is 5.69 Å². The molecule has 2 saturated heterocycles. The number of tetrazole rings is 1. The Morgan fingerprint density at radius 3 is 2.39 bits per heavy atom. The van der Waals surface area contributed by atoms with Gasteiger partial charge in [-0.1, -0.05) is 96.7 Å². The maximum absolute atomic E-state index is 13.4. The number of carbonyl (C=O) groups excluding carboxylic acids is 3. The summed E-state index contributed by atoms with van der Waals surface area (Å²) >= 11 is 1.46. The monoisotopic (exact) mass is 706 g/mol. The third-order valence-corrected chi connectivity index (χ3v) is 9.56. The van der Waals surface area contributed by atoms with Crippen molar-refractivity contribution in [2.75, 3.05) is 10.7 Å². The predicted molar refractivity (Wildman–Crippen MR) is 185 cm³/mol. The second-order valence-corrected chi connectivity index (χ2v) is 13.0. The van der Waals surface area contributed by atoms with Gasteiger partial charge in [0, 0.05) is 17.7 Å². The highest BCUT2D eigenvalue weighted by molar-refractivity contribution is 7.99. The van der Waals surface area contributed by atoms with E-state index in [0.717, 1.165) is 27.3 Å². The van der Waals surface area contributed by atoms with Crippen LogP contribution < -0.4 is 10.2 Å². The minimum absolute atomic E-state index is 0.0326. The first-order valence-electron chi connectivity index (χ1n) is 16.4. The summed E-state index contributed by atoms with van der Waals surface area (Å²) in [6, 6.07) is 32.1. The zero-order valence-corrected chi connectivity index (χ0v) is 28.1. The highest BCUT2D eigenvalue weighted by atomic mass is 32.2. The van der Waals surface area contributed by atoms with Crippen LogP contribution in [0.3, 0.4) is 0 Å². The smallest absolute Gasteiger partial charge is 0.408 e. The van der Waals surface area contributed by atoms with Crippen molar-refractivity contribution in [3.63, 3.8) is 0 Å². The molecule has 0 spiro atoms.